The number of aromatic nitrogens is 2. The van der Waals surface area contributed by atoms with E-state index < -0.39 is 29.5 Å². The summed E-state index contributed by atoms with van der Waals surface area (Å²) in [6.07, 6.45) is 0.732. The fourth-order valence-electron chi connectivity index (χ4n) is 6.39. The van der Waals surface area contributed by atoms with Gasteiger partial charge in [-0.2, -0.15) is 0 Å². The SMILES string of the molecule is CCN[C@H]1CCn2c(nc3cc(C(=O)OC)ccc32)[C@H]1[C@H](c1cccc(Cl)c1F)[C@H]1C(=O)Nc2cc(Cl)ccc21. The van der Waals surface area contributed by atoms with Crippen molar-refractivity contribution in [2.24, 2.45) is 0 Å². The Kier molecular flexibility index (Phi) is 7.02. The zero-order valence-corrected chi connectivity index (χ0v) is 23.4. The number of carbonyl (C=O) groups excluding carboxylic acids is 2. The summed E-state index contributed by atoms with van der Waals surface area (Å²) in [6, 6.07) is 15.4. The molecule has 1 amide bonds. The minimum atomic E-state index is -0.719. The van der Waals surface area contributed by atoms with Gasteiger partial charge in [-0.3, -0.25) is 4.79 Å². The zero-order valence-electron chi connectivity index (χ0n) is 21.9. The van der Waals surface area contributed by atoms with Crippen LogP contribution >= 0.6 is 23.2 Å². The Hall–Kier alpha value is -3.46. The molecule has 0 saturated heterocycles. The molecular formula is C30H27Cl2FN4O3. The van der Waals surface area contributed by atoms with Crippen LogP contribution < -0.4 is 10.6 Å². The van der Waals surface area contributed by atoms with Gasteiger partial charge in [-0.05, 0) is 60.5 Å². The molecule has 7 nitrogen and oxygen atoms in total. The molecule has 0 radical (unpaired) electrons. The van der Waals surface area contributed by atoms with Crippen LogP contribution in [0.4, 0.5) is 10.1 Å². The fourth-order valence-corrected chi connectivity index (χ4v) is 6.74. The van der Waals surface area contributed by atoms with E-state index in [1.165, 1.54) is 13.2 Å². The van der Waals surface area contributed by atoms with Crippen LogP contribution in [0.2, 0.25) is 10.0 Å². The van der Waals surface area contributed by atoms with Crippen LogP contribution in [0.25, 0.3) is 11.0 Å². The Bertz CT molecular complexity index is 1660. The summed E-state index contributed by atoms with van der Waals surface area (Å²) < 4.78 is 22.9. The number of likely N-dealkylation sites (N-methyl/N-ethyl adjacent to an activating group) is 1. The predicted molar refractivity (Wildman–Crippen MR) is 153 cm³/mol. The molecule has 4 aromatic rings. The van der Waals surface area contributed by atoms with Crippen molar-refractivity contribution >= 4 is 51.8 Å². The molecule has 3 aromatic carbocycles. The zero-order chi connectivity index (χ0) is 28.1. The van der Waals surface area contributed by atoms with E-state index in [1.54, 1.807) is 36.4 Å². The number of carbonyl (C=O) groups is 2. The third kappa shape index (κ3) is 4.35. The van der Waals surface area contributed by atoms with Gasteiger partial charge in [0.25, 0.3) is 0 Å². The number of nitrogens with one attached hydrogen (secondary N) is 2. The molecular weight excluding hydrogens is 554 g/mol. The number of imidazole rings is 1. The Labute approximate surface area is 240 Å². The molecule has 3 heterocycles. The van der Waals surface area contributed by atoms with Crippen molar-refractivity contribution in [1.82, 2.24) is 14.9 Å². The van der Waals surface area contributed by atoms with Crippen LogP contribution in [0.15, 0.2) is 54.6 Å². The minimum absolute atomic E-state index is 0.00994. The summed E-state index contributed by atoms with van der Waals surface area (Å²) >= 11 is 12.6. The highest BCUT2D eigenvalue weighted by molar-refractivity contribution is 6.31. The van der Waals surface area contributed by atoms with E-state index in [0.29, 0.717) is 46.3 Å². The Morgan fingerprint density at radius 3 is 2.83 bits per heavy atom. The maximum atomic E-state index is 15.9. The number of aryl methyl sites for hydroxylation is 1. The van der Waals surface area contributed by atoms with Crippen LogP contribution in [0.1, 0.15) is 58.4 Å². The van der Waals surface area contributed by atoms with Crippen molar-refractivity contribution in [3.8, 4) is 0 Å². The number of fused-ring (bicyclic) bond motifs is 4. The van der Waals surface area contributed by atoms with Crippen molar-refractivity contribution in [2.45, 2.75) is 43.7 Å². The van der Waals surface area contributed by atoms with Gasteiger partial charge in [-0.15, -0.1) is 0 Å². The third-order valence-corrected chi connectivity index (χ3v) is 8.56. The van der Waals surface area contributed by atoms with Gasteiger partial charge in [0.15, 0.2) is 0 Å². The summed E-state index contributed by atoms with van der Waals surface area (Å²) in [5, 5.41) is 7.02. The molecule has 6 rings (SSSR count). The Morgan fingerprint density at radius 2 is 2.05 bits per heavy atom. The standard InChI is InChI=1S/C30H27Cl2FN4O3/c1-3-34-20-11-12-37-23-10-7-15(30(39)40-2)13-22(23)35-28(37)26(20)24(18-5-4-6-19(32)27(18)33)25-17-9-8-16(31)14-21(17)36-29(25)38/h4-10,13-14,20,24-26,34H,3,11-12H2,1-2H3,(H,36,38)/t20-,24+,25-,26+/m0/s1. The van der Waals surface area contributed by atoms with E-state index in [2.05, 4.69) is 15.2 Å². The predicted octanol–water partition coefficient (Wildman–Crippen LogP) is 6.25. The first-order chi connectivity index (χ1) is 19.3. The van der Waals surface area contributed by atoms with E-state index in [1.807, 2.05) is 19.1 Å². The highest BCUT2D eigenvalue weighted by atomic mass is 35.5. The fraction of sp³-hybridized carbons (Fsp3) is 0.300. The van der Waals surface area contributed by atoms with E-state index >= 15 is 4.39 Å². The smallest absolute Gasteiger partial charge is 0.337 e. The number of methoxy groups -OCH3 is 1. The van der Waals surface area contributed by atoms with Gasteiger partial charge in [-0.1, -0.05) is 48.3 Å². The lowest BCUT2D eigenvalue weighted by atomic mass is 9.69. The summed E-state index contributed by atoms with van der Waals surface area (Å²) in [5.74, 6) is -2.31. The Balaban J connectivity index is 1.60. The van der Waals surface area contributed by atoms with E-state index in [4.69, 9.17) is 32.9 Å². The molecule has 0 bridgehead atoms. The molecule has 0 spiro atoms. The summed E-state index contributed by atoms with van der Waals surface area (Å²) in [7, 11) is 1.34. The van der Waals surface area contributed by atoms with Gasteiger partial charge in [0, 0.05) is 35.1 Å². The summed E-state index contributed by atoms with van der Waals surface area (Å²) in [4.78, 5) is 30.9. The number of nitrogens with zero attached hydrogens (tertiary/aromatic N) is 2. The second-order valence-corrected chi connectivity index (χ2v) is 11.0. The van der Waals surface area contributed by atoms with Gasteiger partial charge in [0.2, 0.25) is 5.91 Å². The quantitative estimate of drug-likeness (QED) is 0.263. The van der Waals surface area contributed by atoms with Crippen LogP contribution in [-0.2, 0) is 16.1 Å². The van der Waals surface area contributed by atoms with Crippen LogP contribution in [0, 0.1) is 5.82 Å². The molecule has 0 fully saturated rings. The number of hydrogen-bond donors (Lipinski definition) is 2. The van der Waals surface area contributed by atoms with Gasteiger partial charge in [0.05, 0.1) is 34.6 Å². The lowest BCUT2D eigenvalue weighted by Gasteiger charge is -2.40. The number of amides is 1. The molecule has 1 aromatic heterocycles. The number of anilines is 1. The average Bonchev–Trinajstić information content (AvgIpc) is 3.47. The van der Waals surface area contributed by atoms with Gasteiger partial charge in [0.1, 0.15) is 11.6 Å². The van der Waals surface area contributed by atoms with Crippen molar-refractivity contribution in [1.29, 1.82) is 0 Å². The highest BCUT2D eigenvalue weighted by Gasteiger charge is 2.48. The lowest BCUT2D eigenvalue weighted by molar-refractivity contribution is -0.117. The molecule has 0 unspecified atom stereocenters. The average molecular weight is 581 g/mol. The molecule has 2 aliphatic rings. The second kappa shape index (κ2) is 10.5. The maximum absolute atomic E-state index is 15.9. The van der Waals surface area contributed by atoms with Gasteiger partial charge >= 0.3 is 5.97 Å². The van der Waals surface area contributed by atoms with Crippen molar-refractivity contribution in [3.63, 3.8) is 0 Å². The monoisotopic (exact) mass is 580 g/mol. The topological polar surface area (TPSA) is 85.2 Å². The molecule has 206 valence electrons. The third-order valence-electron chi connectivity index (χ3n) is 8.04. The Morgan fingerprint density at radius 1 is 1.23 bits per heavy atom. The maximum Gasteiger partial charge on any atom is 0.337 e. The number of esters is 1. The summed E-state index contributed by atoms with van der Waals surface area (Å²) in [6.45, 7) is 3.37. The second-order valence-electron chi connectivity index (χ2n) is 10.2. The van der Waals surface area contributed by atoms with E-state index in [9.17, 15) is 9.59 Å². The molecule has 2 N–H and O–H groups in total. The van der Waals surface area contributed by atoms with Crippen LogP contribution in [-0.4, -0.2) is 41.1 Å². The van der Waals surface area contributed by atoms with Crippen molar-refractivity contribution < 1.29 is 18.7 Å². The first-order valence-electron chi connectivity index (χ1n) is 13.2. The number of hydrogen-bond acceptors (Lipinski definition) is 5. The first kappa shape index (κ1) is 26.7. The molecule has 10 heteroatoms. The van der Waals surface area contributed by atoms with Crippen molar-refractivity contribution in [2.75, 3.05) is 19.0 Å². The highest BCUT2D eigenvalue weighted by Crippen LogP contribution is 2.52. The molecule has 2 aliphatic heterocycles. The molecule has 4 atom stereocenters. The minimum Gasteiger partial charge on any atom is -0.465 e. The first-order valence-corrected chi connectivity index (χ1v) is 13.9. The number of benzene rings is 3. The molecule has 0 aliphatic carbocycles. The van der Waals surface area contributed by atoms with Gasteiger partial charge < -0.3 is 19.9 Å². The van der Waals surface area contributed by atoms with Gasteiger partial charge in [-0.25, -0.2) is 14.2 Å². The molecule has 0 saturated carbocycles. The number of halogens is 3. The number of rotatable bonds is 6. The van der Waals surface area contributed by atoms with Crippen molar-refractivity contribution in [3.05, 3.63) is 93.0 Å². The van der Waals surface area contributed by atoms with Crippen LogP contribution in [0.3, 0.4) is 0 Å². The normalized spacial score (nSPS) is 20.6. The van der Waals surface area contributed by atoms with E-state index in [0.717, 1.165) is 17.5 Å². The largest absolute Gasteiger partial charge is 0.465 e. The molecule has 40 heavy (non-hydrogen) atoms. The number of ether oxygens (including phenoxy) is 1. The van der Waals surface area contributed by atoms with E-state index in [-0.39, 0.29) is 17.0 Å². The van der Waals surface area contributed by atoms with Crippen LogP contribution in [0.5, 0.6) is 0 Å². The summed E-state index contributed by atoms with van der Waals surface area (Å²) in [5.41, 5.74) is 3.59. The lowest BCUT2D eigenvalue weighted by Crippen LogP contribution is -2.44.